The van der Waals surface area contributed by atoms with Crippen LogP contribution in [-0.2, 0) is 9.13 Å². The third kappa shape index (κ3) is 132. The molecule has 0 saturated heterocycles. The molecule has 0 aliphatic heterocycles. The maximum absolute atomic E-state index is 8.55. The summed E-state index contributed by atoms with van der Waals surface area (Å²) in [5, 5.41) is 0. The zero-order valence-electron chi connectivity index (χ0n) is 10.2. The molecule has 0 heterocycles. The third-order valence-corrected chi connectivity index (χ3v) is 0. The van der Waals surface area contributed by atoms with Crippen LogP contribution in [0, 0.1) is 0 Å². The second kappa shape index (κ2) is 24.7. The van der Waals surface area contributed by atoms with E-state index in [9.17, 15) is 0 Å². The van der Waals surface area contributed by atoms with Gasteiger partial charge in [-0.3, -0.25) is 0 Å². The van der Waals surface area contributed by atoms with Gasteiger partial charge >= 0.3 is 258 Å². The molecule has 8 nitrogen and oxygen atoms in total. The molecule has 0 N–H and O–H groups in total. The molecule has 0 spiro atoms. The molecule has 0 aromatic heterocycles. The fourth-order valence-corrected chi connectivity index (χ4v) is 0. The molecule has 0 fully saturated rings. The Balaban J connectivity index is -0.00000000970. The van der Waals surface area contributed by atoms with Crippen LogP contribution >= 0.6 is 15.6 Å². The predicted molar refractivity (Wildman–Crippen MR) is 16.3 cm³/mol. The first-order valence-electron chi connectivity index (χ1n) is 1.46. The van der Waals surface area contributed by atoms with Crippen LogP contribution in [0.3, 0.4) is 0 Å². The van der Waals surface area contributed by atoms with Crippen LogP contribution < -0.4 is 286 Å². The number of phosphoric acid groups is 2. The van der Waals surface area contributed by atoms with Gasteiger partial charge in [0.05, 0.1) is 0 Å². The molecule has 0 amide bonds. The Kier molecular flexibility index (Phi) is 71.7. The Labute approximate surface area is 301 Å². The van der Waals surface area contributed by atoms with E-state index in [4.69, 9.17) is 38.5 Å². The van der Waals surface area contributed by atoms with Gasteiger partial charge in [0.15, 0.2) is 0 Å². The molecule has 0 bridgehead atoms. The smallest absolute Gasteiger partial charge is 0.822 e. The van der Waals surface area contributed by atoms with Gasteiger partial charge in [-0.15, -0.1) is 0 Å². The molecule has 0 unspecified atom stereocenters. The van der Waals surface area contributed by atoms with Crippen LogP contribution in [0.1, 0.15) is 1.43 Å². The molecule has 0 radical (unpaired) electrons. The minimum absolute atomic E-state index is 0. The number of hydrogen-bond acceptors (Lipinski definition) is 8. The molecule has 0 atom stereocenters. The Morgan fingerprint density at radius 2 is 0.533 bits per heavy atom. The van der Waals surface area contributed by atoms with Crippen molar-refractivity contribution in [2.75, 3.05) is 0 Å². The largest absolute Gasteiger partial charge is 1.00 e. The predicted octanol–water partition coefficient (Wildman–Crippen LogP) is -20.5. The standard InChI is InChI=1S/5K.2H3O4P/c;;;;;2*1-5(2,3)4/h;;;;;2*(H3,1,2,3,4)/q5*+1;;/p-5. The summed E-state index contributed by atoms with van der Waals surface area (Å²) < 4.78 is 17.1. The molecular weight excluding hydrogens is 385 g/mol. The van der Waals surface area contributed by atoms with Crippen molar-refractivity contribution in [2.45, 2.75) is 0 Å². The second-order valence-electron chi connectivity index (χ2n) is 0.894. The van der Waals surface area contributed by atoms with Gasteiger partial charge in [0.25, 0.3) is 0 Å². The normalized spacial score (nSPS) is 7.87. The van der Waals surface area contributed by atoms with E-state index >= 15 is 0 Å². The van der Waals surface area contributed by atoms with Crippen molar-refractivity contribution in [3.8, 4) is 0 Å². The van der Waals surface area contributed by atoms with Crippen LogP contribution in [0.5, 0.6) is 0 Å². The summed E-state index contributed by atoms with van der Waals surface area (Å²) in [5.41, 5.74) is 0. The monoisotopic (exact) mass is 386 g/mol. The molecule has 64 valence electrons. The van der Waals surface area contributed by atoms with Crippen molar-refractivity contribution in [2.24, 2.45) is 0 Å². The van der Waals surface area contributed by atoms with Gasteiger partial charge < -0.3 is 38.5 Å². The van der Waals surface area contributed by atoms with Crippen LogP contribution in [0.25, 0.3) is 0 Å². The summed E-state index contributed by atoms with van der Waals surface area (Å²) in [5.74, 6) is 0. The third-order valence-electron chi connectivity index (χ3n) is 0. The fourth-order valence-electron chi connectivity index (χ4n) is 0. The van der Waals surface area contributed by atoms with Crippen molar-refractivity contribution in [1.29, 1.82) is 0 Å². The van der Waals surface area contributed by atoms with Crippen LogP contribution in [0.4, 0.5) is 0 Å². The van der Waals surface area contributed by atoms with E-state index in [-0.39, 0.29) is 258 Å². The molecular formula is HK5O8P2. The molecule has 15 heteroatoms. The molecule has 0 aromatic carbocycles. The van der Waals surface area contributed by atoms with Crippen LogP contribution in [-0.4, -0.2) is 0 Å². The van der Waals surface area contributed by atoms with Gasteiger partial charge in [-0.05, 0) is 0 Å². The van der Waals surface area contributed by atoms with Crippen molar-refractivity contribution in [3.05, 3.63) is 0 Å². The van der Waals surface area contributed by atoms with Crippen molar-refractivity contribution >= 4 is 15.6 Å². The Morgan fingerprint density at radius 1 is 0.533 bits per heavy atom. The summed E-state index contributed by atoms with van der Waals surface area (Å²) in [6.07, 6.45) is 0. The van der Waals surface area contributed by atoms with E-state index in [1.807, 2.05) is 0 Å². The van der Waals surface area contributed by atoms with E-state index in [1.54, 1.807) is 0 Å². The molecule has 0 aliphatic rings. The molecule has 0 saturated carbocycles. The maximum atomic E-state index is 8.55. The quantitative estimate of drug-likeness (QED) is 0.291. The van der Waals surface area contributed by atoms with Crippen molar-refractivity contribution in [3.63, 3.8) is 0 Å². The summed E-state index contributed by atoms with van der Waals surface area (Å²) in [6, 6.07) is 0. The summed E-state index contributed by atoms with van der Waals surface area (Å²) in [7, 11) is -10.8. The van der Waals surface area contributed by atoms with Crippen molar-refractivity contribution < 1.29 is 297 Å². The molecule has 0 aromatic rings. The average molecular weight is 386 g/mol. The molecule has 0 aliphatic carbocycles. The Bertz CT molecular complexity index is 139. The average Bonchev–Trinajstić information content (AvgIpc) is 1.12. The van der Waals surface area contributed by atoms with Crippen LogP contribution in [0.2, 0.25) is 0 Å². The van der Waals surface area contributed by atoms with Crippen LogP contribution in [0.15, 0.2) is 0 Å². The maximum Gasteiger partial charge on any atom is 1.00 e. The zero-order chi connectivity index (χ0) is 9.00. The number of hydrogen-bond donors (Lipinski definition) is 0. The van der Waals surface area contributed by atoms with E-state index in [1.165, 1.54) is 0 Å². The Hall–Kier alpha value is 8.40. The van der Waals surface area contributed by atoms with Crippen molar-refractivity contribution in [1.82, 2.24) is 0 Å². The SMILES string of the molecule is O=P([O-])([O-])[O-].O=P([O-])([O-])[O-].[H+].[K+].[K+].[K+].[K+].[K+]. The van der Waals surface area contributed by atoms with Gasteiger partial charge in [0, 0.05) is 0 Å². The first kappa shape index (κ1) is 43.7. The first-order valence-corrected chi connectivity index (χ1v) is 4.38. The topological polar surface area (TPSA) is 172 Å². The second-order valence-corrected chi connectivity index (χ2v) is 2.68. The van der Waals surface area contributed by atoms with Gasteiger partial charge in [-0.1, -0.05) is 0 Å². The molecule has 0 rings (SSSR count). The van der Waals surface area contributed by atoms with E-state index in [0.29, 0.717) is 0 Å². The summed E-state index contributed by atoms with van der Waals surface area (Å²) in [4.78, 5) is 51.3. The first-order chi connectivity index (χ1) is 4.00. The van der Waals surface area contributed by atoms with Gasteiger partial charge in [-0.25, -0.2) is 0 Å². The minimum atomic E-state index is -5.39. The van der Waals surface area contributed by atoms with E-state index in [2.05, 4.69) is 0 Å². The zero-order valence-corrected chi connectivity index (χ0v) is 26.6. The minimum Gasteiger partial charge on any atom is -0.822 e. The van der Waals surface area contributed by atoms with Gasteiger partial charge in [-0.2, -0.15) is 15.6 Å². The Morgan fingerprint density at radius 3 is 0.533 bits per heavy atom. The van der Waals surface area contributed by atoms with Gasteiger partial charge in [0.1, 0.15) is 0 Å². The van der Waals surface area contributed by atoms with E-state index < -0.39 is 15.6 Å². The number of rotatable bonds is 0. The van der Waals surface area contributed by atoms with E-state index in [0.717, 1.165) is 0 Å². The molecule has 15 heavy (non-hydrogen) atoms. The summed E-state index contributed by atoms with van der Waals surface area (Å²) >= 11 is 0. The summed E-state index contributed by atoms with van der Waals surface area (Å²) in [6.45, 7) is 0. The fraction of sp³-hybridized carbons (Fsp3) is 0. The van der Waals surface area contributed by atoms with Gasteiger partial charge in [0.2, 0.25) is 0 Å².